The van der Waals surface area contributed by atoms with Crippen LogP contribution in [0.5, 0.6) is 0 Å². The van der Waals surface area contributed by atoms with Gasteiger partial charge in [0.1, 0.15) is 0 Å². The number of rotatable bonds is 70. The summed E-state index contributed by atoms with van der Waals surface area (Å²) in [7, 11) is 0. The molecule has 0 aliphatic heterocycles. The topological polar surface area (TPSA) is 95.9 Å². The van der Waals surface area contributed by atoms with E-state index >= 15 is 0 Å². The van der Waals surface area contributed by atoms with Crippen LogP contribution in [0, 0.1) is 0 Å². The Labute approximate surface area is 507 Å². The Balaban J connectivity index is 3.34. The lowest BCUT2D eigenvalue weighted by molar-refractivity contribution is -0.143. The van der Waals surface area contributed by atoms with Crippen LogP contribution in [0.3, 0.4) is 0 Å². The summed E-state index contributed by atoms with van der Waals surface area (Å²) < 4.78 is 5.49. The highest BCUT2D eigenvalue weighted by Crippen LogP contribution is 2.20. The molecule has 0 aliphatic rings. The molecular weight excluding hydrogens is 995 g/mol. The molecule has 2 atom stereocenters. The highest BCUT2D eigenvalue weighted by molar-refractivity contribution is 5.76. The monoisotopic (exact) mass is 1140 g/mol. The maximum absolute atomic E-state index is 12.5. The van der Waals surface area contributed by atoms with Gasteiger partial charge in [-0.3, -0.25) is 9.59 Å². The van der Waals surface area contributed by atoms with Gasteiger partial charge in [-0.05, 0) is 57.8 Å². The van der Waals surface area contributed by atoms with Gasteiger partial charge in [0.2, 0.25) is 5.91 Å². The molecule has 0 rings (SSSR count). The minimum atomic E-state index is -0.662. The molecule has 0 heterocycles. The third-order valence-corrected chi connectivity index (χ3v) is 17.5. The normalized spacial score (nSPS) is 12.6. The molecule has 0 aromatic heterocycles. The molecule has 0 saturated carbocycles. The van der Waals surface area contributed by atoms with Gasteiger partial charge in [-0.25, -0.2) is 0 Å². The number of allylic oxidation sites excluding steroid dienone is 4. The van der Waals surface area contributed by atoms with Crippen LogP contribution < -0.4 is 5.32 Å². The zero-order valence-corrected chi connectivity index (χ0v) is 55.0. The fourth-order valence-corrected chi connectivity index (χ4v) is 11.9. The van der Waals surface area contributed by atoms with E-state index in [0.29, 0.717) is 25.9 Å². The molecule has 0 fully saturated rings. The number of unbranched alkanes of at least 4 members (excludes halogenated alkanes) is 55. The zero-order valence-electron chi connectivity index (χ0n) is 55.0. The van der Waals surface area contributed by atoms with Crippen LogP contribution in [-0.2, 0) is 14.3 Å². The number of hydrogen-bond donors (Lipinski definition) is 3. The predicted octanol–water partition coefficient (Wildman–Crippen LogP) is 24.1. The molecule has 3 N–H and O–H groups in total. The van der Waals surface area contributed by atoms with Gasteiger partial charge in [-0.1, -0.05) is 372 Å². The number of aliphatic hydroxyl groups is 2. The largest absolute Gasteiger partial charge is 0.466 e. The Hall–Kier alpha value is -1.66. The lowest BCUT2D eigenvalue weighted by atomic mass is 10.0. The van der Waals surface area contributed by atoms with Crippen molar-refractivity contribution in [2.45, 2.75) is 431 Å². The molecule has 6 nitrogen and oxygen atoms in total. The summed E-state index contributed by atoms with van der Waals surface area (Å²) in [6.45, 7) is 4.97. The van der Waals surface area contributed by atoms with E-state index in [-0.39, 0.29) is 18.5 Å². The smallest absolute Gasteiger partial charge is 0.305 e. The number of nitrogens with one attached hydrogen (secondary N) is 1. The fourth-order valence-electron chi connectivity index (χ4n) is 11.9. The first-order valence-electron chi connectivity index (χ1n) is 37.1. The summed E-state index contributed by atoms with van der Waals surface area (Å²) in [6.07, 6.45) is 89.5. The lowest BCUT2D eigenvalue weighted by Crippen LogP contribution is -2.45. The van der Waals surface area contributed by atoms with Crippen molar-refractivity contribution in [3.63, 3.8) is 0 Å². The first-order chi connectivity index (χ1) is 40.0. The van der Waals surface area contributed by atoms with Gasteiger partial charge >= 0.3 is 5.97 Å². The van der Waals surface area contributed by atoms with Crippen LogP contribution in [-0.4, -0.2) is 47.4 Å². The zero-order chi connectivity index (χ0) is 58.5. The Morgan fingerprint density at radius 1 is 0.346 bits per heavy atom. The number of esters is 1. The molecule has 480 valence electrons. The van der Waals surface area contributed by atoms with Crippen molar-refractivity contribution in [1.29, 1.82) is 0 Å². The van der Waals surface area contributed by atoms with E-state index in [4.69, 9.17) is 4.74 Å². The number of amides is 1. The van der Waals surface area contributed by atoms with Crippen molar-refractivity contribution in [3.8, 4) is 0 Å². The molecule has 1 amide bonds. The molecule has 0 bridgehead atoms. The molecule has 2 unspecified atom stereocenters. The van der Waals surface area contributed by atoms with Crippen LogP contribution in [0.15, 0.2) is 24.3 Å². The molecule has 0 aromatic rings. The Bertz CT molecular complexity index is 1270. The van der Waals surface area contributed by atoms with Crippen molar-refractivity contribution >= 4 is 11.9 Å². The summed E-state index contributed by atoms with van der Waals surface area (Å²) in [4.78, 5) is 24.6. The molecule has 0 radical (unpaired) electrons. The van der Waals surface area contributed by atoms with Gasteiger partial charge in [0.05, 0.1) is 25.4 Å². The van der Waals surface area contributed by atoms with Crippen molar-refractivity contribution < 1.29 is 24.5 Å². The first kappa shape index (κ1) is 79.3. The molecule has 6 heteroatoms. The van der Waals surface area contributed by atoms with Crippen molar-refractivity contribution in [3.05, 3.63) is 24.3 Å². The SMILES string of the molecule is CCCCCC/C=C\C/C=C\CCCCCCCC(=O)OCCCCCCCCCCCCCCCCCCCCCCCCCCCCCCCC(=O)NC(CO)C(O)CCCCCCCCCCCCCCCCCCCCC. The second kappa shape index (κ2) is 70.8. The van der Waals surface area contributed by atoms with E-state index in [1.165, 1.54) is 334 Å². The Morgan fingerprint density at radius 3 is 0.951 bits per heavy atom. The van der Waals surface area contributed by atoms with Gasteiger partial charge in [-0.15, -0.1) is 0 Å². The molecule has 0 aliphatic carbocycles. The van der Waals surface area contributed by atoms with E-state index in [1.54, 1.807) is 0 Å². The molecule has 81 heavy (non-hydrogen) atoms. The average Bonchev–Trinajstić information content (AvgIpc) is 3.47. The minimum absolute atomic E-state index is 0.00684. The molecule has 0 aromatic carbocycles. The number of ether oxygens (including phenoxy) is 1. The van der Waals surface area contributed by atoms with E-state index in [1.807, 2.05) is 0 Å². The van der Waals surface area contributed by atoms with Gasteiger partial charge in [0, 0.05) is 12.8 Å². The van der Waals surface area contributed by atoms with Crippen molar-refractivity contribution in [2.24, 2.45) is 0 Å². The summed E-state index contributed by atoms with van der Waals surface area (Å²) >= 11 is 0. The van der Waals surface area contributed by atoms with E-state index in [0.717, 1.165) is 51.4 Å². The second-order valence-electron chi connectivity index (χ2n) is 25.6. The Kier molecular flexibility index (Phi) is 69.4. The first-order valence-corrected chi connectivity index (χ1v) is 37.1. The summed E-state index contributed by atoms with van der Waals surface area (Å²) in [5, 5.41) is 23.4. The van der Waals surface area contributed by atoms with E-state index in [9.17, 15) is 19.8 Å². The third kappa shape index (κ3) is 67.3. The van der Waals surface area contributed by atoms with Gasteiger partial charge < -0.3 is 20.3 Å². The number of carbonyl (C=O) groups excluding carboxylic acids is 2. The minimum Gasteiger partial charge on any atom is -0.466 e. The standard InChI is InChI=1S/C75H145NO5/c1-3-5-7-9-11-13-15-17-19-21-33-36-39-43-47-51-55-59-63-67-73(78)72(71-77)76-74(79)68-64-60-56-52-48-44-40-37-34-31-29-27-25-23-22-24-26-28-30-32-35-38-42-46-50-54-58-62-66-70-81-75(80)69-65-61-57-53-49-45-41-20-18-16-14-12-10-8-6-4-2/h14,16,20,41,72-73,77-78H,3-13,15,17-19,21-40,42-71H2,1-2H3,(H,76,79)/b16-14-,41-20-. The molecule has 0 spiro atoms. The quantitative estimate of drug-likeness (QED) is 0.0320. The average molecular weight is 1140 g/mol. The van der Waals surface area contributed by atoms with Crippen LogP contribution in [0.4, 0.5) is 0 Å². The predicted molar refractivity (Wildman–Crippen MR) is 356 cm³/mol. The van der Waals surface area contributed by atoms with E-state index in [2.05, 4.69) is 43.5 Å². The number of hydrogen-bond acceptors (Lipinski definition) is 5. The summed E-state index contributed by atoms with van der Waals surface area (Å²) in [6, 6.07) is -0.539. The van der Waals surface area contributed by atoms with Crippen molar-refractivity contribution in [1.82, 2.24) is 5.32 Å². The second-order valence-corrected chi connectivity index (χ2v) is 25.6. The number of carbonyl (C=O) groups is 2. The highest BCUT2D eigenvalue weighted by Gasteiger charge is 2.20. The van der Waals surface area contributed by atoms with Gasteiger partial charge in [0.25, 0.3) is 0 Å². The van der Waals surface area contributed by atoms with Crippen LogP contribution in [0.25, 0.3) is 0 Å². The van der Waals surface area contributed by atoms with Crippen LogP contribution in [0.1, 0.15) is 418 Å². The summed E-state index contributed by atoms with van der Waals surface area (Å²) in [5.74, 6) is -0.0202. The fraction of sp³-hybridized carbons (Fsp3) is 0.920. The number of aliphatic hydroxyl groups excluding tert-OH is 2. The maximum Gasteiger partial charge on any atom is 0.305 e. The van der Waals surface area contributed by atoms with Gasteiger partial charge in [-0.2, -0.15) is 0 Å². The summed E-state index contributed by atoms with van der Waals surface area (Å²) in [5.41, 5.74) is 0. The van der Waals surface area contributed by atoms with Crippen LogP contribution in [0.2, 0.25) is 0 Å². The van der Waals surface area contributed by atoms with E-state index < -0.39 is 12.1 Å². The maximum atomic E-state index is 12.5. The van der Waals surface area contributed by atoms with Crippen molar-refractivity contribution in [2.75, 3.05) is 13.2 Å². The lowest BCUT2D eigenvalue weighted by Gasteiger charge is -2.22. The molecular formula is C75H145NO5. The van der Waals surface area contributed by atoms with Crippen LogP contribution >= 0.6 is 0 Å². The Morgan fingerprint density at radius 2 is 0.617 bits per heavy atom. The highest BCUT2D eigenvalue weighted by atomic mass is 16.5. The molecule has 0 saturated heterocycles. The third-order valence-electron chi connectivity index (χ3n) is 17.5. The van der Waals surface area contributed by atoms with Gasteiger partial charge in [0.15, 0.2) is 0 Å².